The van der Waals surface area contributed by atoms with Crippen molar-refractivity contribution in [3.8, 4) is 0 Å². The van der Waals surface area contributed by atoms with E-state index in [0.29, 0.717) is 12.1 Å². The molecule has 2 heterocycles. The molecule has 1 unspecified atom stereocenters. The van der Waals surface area contributed by atoms with Crippen LogP contribution in [0.4, 0.5) is 5.69 Å². The maximum absolute atomic E-state index is 4.06. The third-order valence-electron chi connectivity index (χ3n) is 3.37. The number of hydrogen-bond donors (Lipinski definition) is 1. The van der Waals surface area contributed by atoms with Gasteiger partial charge < -0.3 is 10.2 Å². The molecular formula is C14H21N3. The number of nitrogens with zero attached hydrogens (tertiary/aromatic N) is 2. The van der Waals surface area contributed by atoms with Crippen LogP contribution in [0.1, 0.15) is 19.8 Å². The molecule has 92 valence electrons. The number of anilines is 1. The van der Waals surface area contributed by atoms with E-state index < -0.39 is 0 Å². The van der Waals surface area contributed by atoms with Crippen LogP contribution >= 0.6 is 0 Å². The Morgan fingerprint density at radius 2 is 2.06 bits per heavy atom. The number of nitrogens with one attached hydrogen (secondary N) is 1. The van der Waals surface area contributed by atoms with Crippen molar-refractivity contribution in [1.82, 2.24) is 10.3 Å². The van der Waals surface area contributed by atoms with E-state index >= 15 is 0 Å². The van der Waals surface area contributed by atoms with Gasteiger partial charge in [0.15, 0.2) is 0 Å². The highest BCUT2D eigenvalue weighted by Crippen LogP contribution is 2.19. The van der Waals surface area contributed by atoms with Gasteiger partial charge in [0.2, 0.25) is 0 Å². The molecule has 17 heavy (non-hydrogen) atoms. The maximum Gasteiger partial charge on any atom is 0.0397 e. The monoisotopic (exact) mass is 231 g/mol. The fourth-order valence-corrected chi connectivity index (χ4v) is 2.30. The van der Waals surface area contributed by atoms with Crippen LogP contribution in [0.5, 0.6) is 0 Å². The Balaban J connectivity index is 1.84. The van der Waals surface area contributed by atoms with Gasteiger partial charge in [-0.3, -0.25) is 4.98 Å². The molecule has 0 spiro atoms. The third kappa shape index (κ3) is 3.30. The lowest BCUT2D eigenvalue weighted by Crippen LogP contribution is -2.45. The Kier molecular flexibility index (Phi) is 4.15. The van der Waals surface area contributed by atoms with Crippen molar-refractivity contribution in [2.75, 3.05) is 18.0 Å². The van der Waals surface area contributed by atoms with E-state index in [4.69, 9.17) is 0 Å². The first kappa shape index (κ1) is 12.1. The molecule has 3 nitrogen and oxygen atoms in total. The van der Waals surface area contributed by atoms with Crippen molar-refractivity contribution in [3.63, 3.8) is 0 Å². The average Bonchev–Trinajstić information content (AvgIpc) is 2.40. The minimum atomic E-state index is 0.410. The number of hydrogen-bond acceptors (Lipinski definition) is 3. The first-order valence-electron chi connectivity index (χ1n) is 6.33. The molecule has 0 radical (unpaired) electrons. The largest absolute Gasteiger partial charge is 0.371 e. The summed E-state index contributed by atoms with van der Waals surface area (Å²) in [5.74, 6) is 0. The lowest BCUT2D eigenvalue weighted by molar-refractivity contribution is 0.400. The Hall–Kier alpha value is -1.35. The fourth-order valence-electron chi connectivity index (χ4n) is 2.30. The zero-order valence-electron chi connectivity index (χ0n) is 10.5. The highest BCUT2D eigenvalue weighted by Gasteiger charge is 2.19. The summed E-state index contributed by atoms with van der Waals surface area (Å²) in [7, 11) is 0. The number of aromatic nitrogens is 1. The standard InChI is InChI=1S/C14H21N3/c1-3-12(2)16-13-6-10-17(11-7-13)14-4-8-15-9-5-14/h3-5,8-9,12-13,16H,1,6-7,10-11H2,2H3. The molecule has 1 N–H and O–H groups in total. The van der Waals surface area contributed by atoms with Gasteiger partial charge in [-0.2, -0.15) is 0 Å². The fraction of sp³-hybridized carbons (Fsp3) is 0.500. The third-order valence-corrected chi connectivity index (χ3v) is 3.37. The van der Waals surface area contributed by atoms with E-state index in [1.54, 1.807) is 0 Å². The summed E-state index contributed by atoms with van der Waals surface area (Å²) in [6.07, 6.45) is 8.08. The van der Waals surface area contributed by atoms with Gasteiger partial charge in [0.05, 0.1) is 0 Å². The first-order chi connectivity index (χ1) is 8.29. The van der Waals surface area contributed by atoms with Gasteiger partial charge in [-0.05, 0) is 31.9 Å². The molecule has 0 aliphatic carbocycles. The van der Waals surface area contributed by atoms with Gasteiger partial charge in [0.1, 0.15) is 0 Å². The SMILES string of the molecule is C=CC(C)NC1CCN(c2ccncc2)CC1. The topological polar surface area (TPSA) is 28.2 Å². The summed E-state index contributed by atoms with van der Waals surface area (Å²) in [5.41, 5.74) is 1.29. The molecule has 1 aromatic rings. The van der Waals surface area contributed by atoms with Crippen LogP contribution < -0.4 is 10.2 Å². The zero-order valence-corrected chi connectivity index (χ0v) is 10.5. The van der Waals surface area contributed by atoms with Gasteiger partial charge in [-0.15, -0.1) is 6.58 Å². The van der Waals surface area contributed by atoms with E-state index in [0.717, 1.165) is 13.1 Å². The Morgan fingerprint density at radius 1 is 1.41 bits per heavy atom. The van der Waals surface area contributed by atoms with Crippen molar-refractivity contribution in [1.29, 1.82) is 0 Å². The lowest BCUT2D eigenvalue weighted by Gasteiger charge is -2.34. The summed E-state index contributed by atoms with van der Waals surface area (Å²) < 4.78 is 0. The van der Waals surface area contributed by atoms with Crippen molar-refractivity contribution in [3.05, 3.63) is 37.2 Å². The highest BCUT2D eigenvalue weighted by atomic mass is 15.1. The Labute approximate surface area is 104 Å². The molecule has 1 atom stereocenters. The van der Waals surface area contributed by atoms with E-state index in [1.165, 1.54) is 18.5 Å². The predicted molar refractivity (Wildman–Crippen MR) is 72.3 cm³/mol. The van der Waals surface area contributed by atoms with Crippen molar-refractivity contribution in [2.24, 2.45) is 0 Å². The molecular weight excluding hydrogens is 210 g/mol. The van der Waals surface area contributed by atoms with Gasteiger partial charge in [0, 0.05) is 43.3 Å². The average molecular weight is 231 g/mol. The molecule has 1 saturated heterocycles. The van der Waals surface area contributed by atoms with Gasteiger partial charge >= 0.3 is 0 Å². The van der Waals surface area contributed by atoms with Crippen molar-refractivity contribution in [2.45, 2.75) is 31.8 Å². The maximum atomic E-state index is 4.06. The van der Waals surface area contributed by atoms with E-state index in [9.17, 15) is 0 Å². The van der Waals surface area contributed by atoms with Crippen LogP contribution in [0, 0.1) is 0 Å². The second-order valence-electron chi connectivity index (χ2n) is 4.66. The molecule has 1 fully saturated rings. The van der Waals surface area contributed by atoms with Crippen LogP contribution in [0.15, 0.2) is 37.2 Å². The predicted octanol–water partition coefficient (Wildman–Crippen LogP) is 2.21. The van der Waals surface area contributed by atoms with Crippen molar-refractivity contribution < 1.29 is 0 Å². The smallest absolute Gasteiger partial charge is 0.0397 e. The summed E-state index contributed by atoms with van der Waals surface area (Å²) in [6, 6.07) is 5.20. The van der Waals surface area contributed by atoms with E-state index in [1.807, 2.05) is 18.5 Å². The molecule has 2 rings (SSSR count). The number of pyridine rings is 1. The van der Waals surface area contributed by atoms with Gasteiger partial charge in [-0.1, -0.05) is 6.08 Å². The quantitative estimate of drug-likeness (QED) is 0.805. The molecule has 0 saturated carbocycles. The first-order valence-corrected chi connectivity index (χ1v) is 6.33. The molecule has 1 aromatic heterocycles. The van der Waals surface area contributed by atoms with Crippen LogP contribution in [-0.4, -0.2) is 30.2 Å². The van der Waals surface area contributed by atoms with E-state index in [-0.39, 0.29) is 0 Å². The molecule has 0 bridgehead atoms. The summed E-state index contributed by atoms with van der Waals surface area (Å²) in [6.45, 7) is 8.20. The lowest BCUT2D eigenvalue weighted by atomic mass is 10.0. The van der Waals surface area contributed by atoms with Gasteiger partial charge in [0.25, 0.3) is 0 Å². The van der Waals surface area contributed by atoms with E-state index in [2.05, 4.69) is 40.8 Å². The molecule has 1 aliphatic heterocycles. The molecule has 3 heteroatoms. The van der Waals surface area contributed by atoms with Crippen LogP contribution in [-0.2, 0) is 0 Å². The summed E-state index contributed by atoms with van der Waals surface area (Å²) >= 11 is 0. The Bertz CT molecular complexity index is 342. The second kappa shape index (κ2) is 5.82. The van der Waals surface area contributed by atoms with Crippen LogP contribution in [0.25, 0.3) is 0 Å². The minimum Gasteiger partial charge on any atom is -0.371 e. The number of rotatable bonds is 4. The molecule has 0 aromatic carbocycles. The molecule has 0 amide bonds. The summed E-state index contributed by atoms with van der Waals surface area (Å²) in [4.78, 5) is 6.48. The zero-order chi connectivity index (χ0) is 12.1. The highest BCUT2D eigenvalue weighted by molar-refractivity contribution is 5.44. The summed E-state index contributed by atoms with van der Waals surface area (Å²) in [5, 5.41) is 3.58. The number of piperidine rings is 1. The Morgan fingerprint density at radius 3 is 2.65 bits per heavy atom. The van der Waals surface area contributed by atoms with Gasteiger partial charge in [-0.25, -0.2) is 0 Å². The minimum absolute atomic E-state index is 0.410. The van der Waals surface area contributed by atoms with Crippen LogP contribution in [0.2, 0.25) is 0 Å². The normalized spacial score (nSPS) is 19.0. The second-order valence-corrected chi connectivity index (χ2v) is 4.66. The van der Waals surface area contributed by atoms with Crippen molar-refractivity contribution >= 4 is 5.69 Å². The molecule has 1 aliphatic rings. The van der Waals surface area contributed by atoms with Crippen LogP contribution in [0.3, 0.4) is 0 Å².